The molecule has 1 fully saturated rings. The van der Waals surface area contributed by atoms with Crippen molar-refractivity contribution in [2.75, 3.05) is 13.1 Å². The topological polar surface area (TPSA) is 38.4 Å². The maximum absolute atomic E-state index is 5.66. The minimum Gasteiger partial charge on any atom is -0.330 e. The van der Waals surface area contributed by atoms with Gasteiger partial charge in [-0.2, -0.15) is 0 Å². The van der Waals surface area contributed by atoms with Gasteiger partial charge in [0, 0.05) is 12.8 Å². The molecule has 0 atom stereocenters. The summed E-state index contributed by atoms with van der Waals surface area (Å²) in [6.45, 7) is 6.26. The molecule has 1 saturated carbocycles. The molecule has 0 saturated heterocycles. The minimum absolute atomic E-state index is 0.593. The summed E-state index contributed by atoms with van der Waals surface area (Å²) < 4.78 is 0. The van der Waals surface area contributed by atoms with Crippen molar-refractivity contribution in [1.82, 2.24) is 0 Å². The molecule has 2 N–H and O–H groups in total. The van der Waals surface area contributed by atoms with Crippen LogP contribution in [-0.2, 0) is 0 Å². The third-order valence-electron chi connectivity index (χ3n) is 3.07. The Morgan fingerprint density at radius 2 is 1.79 bits per heavy atom. The second-order valence-electron chi connectivity index (χ2n) is 4.88. The molecule has 1 aliphatic carbocycles. The van der Waals surface area contributed by atoms with E-state index in [4.69, 9.17) is 5.73 Å². The van der Waals surface area contributed by atoms with Gasteiger partial charge in [0.1, 0.15) is 0 Å². The van der Waals surface area contributed by atoms with Crippen LogP contribution in [0.15, 0.2) is 4.99 Å². The number of rotatable bonds is 4. The van der Waals surface area contributed by atoms with Crippen LogP contribution in [0, 0.1) is 17.8 Å². The molecule has 14 heavy (non-hydrogen) atoms. The van der Waals surface area contributed by atoms with Crippen LogP contribution >= 0.6 is 0 Å². The fraction of sp³-hybridized carbons (Fsp3) is 0.917. The van der Waals surface area contributed by atoms with E-state index in [0.29, 0.717) is 5.92 Å². The lowest BCUT2D eigenvalue weighted by molar-refractivity contribution is 0.285. The van der Waals surface area contributed by atoms with Crippen molar-refractivity contribution >= 4 is 6.21 Å². The van der Waals surface area contributed by atoms with Crippen LogP contribution in [0.2, 0.25) is 0 Å². The fourth-order valence-electron chi connectivity index (χ4n) is 2.07. The first-order valence-electron chi connectivity index (χ1n) is 5.92. The monoisotopic (exact) mass is 196 g/mol. The molecule has 0 heterocycles. The van der Waals surface area contributed by atoms with Crippen LogP contribution < -0.4 is 5.73 Å². The van der Waals surface area contributed by atoms with E-state index in [1.807, 2.05) is 0 Å². The second kappa shape index (κ2) is 6.18. The Morgan fingerprint density at radius 1 is 1.21 bits per heavy atom. The quantitative estimate of drug-likeness (QED) is 0.689. The van der Waals surface area contributed by atoms with E-state index in [2.05, 4.69) is 25.1 Å². The van der Waals surface area contributed by atoms with E-state index < -0.39 is 0 Å². The van der Waals surface area contributed by atoms with Crippen LogP contribution in [0.4, 0.5) is 0 Å². The third-order valence-corrected chi connectivity index (χ3v) is 3.07. The molecule has 1 aliphatic rings. The first kappa shape index (κ1) is 11.7. The Balaban J connectivity index is 2.16. The predicted octanol–water partition coefficient (Wildman–Crippen LogP) is 2.48. The Morgan fingerprint density at radius 3 is 2.29 bits per heavy atom. The highest BCUT2D eigenvalue weighted by molar-refractivity contribution is 5.59. The highest BCUT2D eigenvalue weighted by atomic mass is 14.7. The molecule has 82 valence electrons. The van der Waals surface area contributed by atoms with Gasteiger partial charge in [0.05, 0.1) is 0 Å². The van der Waals surface area contributed by atoms with Crippen molar-refractivity contribution in [1.29, 1.82) is 0 Å². The summed E-state index contributed by atoms with van der Waals surface area (Å²) in [7, 11) is 0. The normalized spacial score (nSPS) is 28.9. The summed E-state index contributed by atoms with van der Waals surface area (Å²) in [5.74, 6) is 2.21. The summed E-state index contributed by atoms with van der Waals surface area (Å²) in [4.78, 5) is 4.49. The number of nitrogens with two attached hydrogens (primary N) is 1. The van der Waals surface area contributed by atoms with E-state index >= 15 is 0 Å². The van der Waals surface area contributed by atoms with Gasteiger partial charge in [0.25, 0.3) is 0 Å². The van der Waals surface area contributed by atoms with E-state index in [1.54, 1.807) is 0 Å². The van der Waals surface area contributed by atoms with Crippen molar-refractivity contribution in [2.45, 2.75) is 39.5 Å². The number of hydrogen-bond acceptors (Lipinski definition) is 2. The van der Waals surface area contributed by atoms with Crippen molar-refractivity contribution < 1.29 is 0 Å². The van der Waals surface area contributed by atoms with Gasteiger partial charge in [0.2, 0.25) is 0 Å². The summed E-state index contributed by atoms with van der Waals surface area (Å²) in [5, 5.41) is 0. The smallest absolute Gasteiger partial charge is 0.0413 e. The average molecular weight is 196 g/mol. The van der Waals surface area contributed by atoms with Gasteiger partial charge in [-0.1, -0.05) is 13.8 Å². The van der Waals surface area contributed by atoms with Crippen LogP contribution in [0.3, 0.4) is 0 Å². The van der Waals surface area contributed by atoms with E-state index in [-0.39, 0.29) is 0 Å². The van der Waals surface area contributed by atoms with Crippen molar-refractivity contribution in [2.24, 2.45) is 28.5 Å². The van der Waals surface area contributed by atoms with Crippen molar-refractivity contribution in [3.05, 3.63) is 0 Å². The van der Waals surface area contributed by atoms with Crippen LogP contribution in [-0.4, -0.2) is 19.3 Å². The Labute approximate surface area is 88.0 Å². The third kappa shape index (κ3) is 4.23. The highest BCUT2D eigenvalue weighted by Gasteiger charge is 2.19. The zero-order chi connectivity index (χ0) is 10.4. The molecule has 0 amide bonds. The molecule has 2 heteroatoms. The van der Waals surface area contributed by atoms with E-state index in [1.165, 1.54) is 25.7 Å². The Kier molecular flexibility index (Phi) is 5.16. The van der Waals surface area contributed by atoms with E-state index in [0.717, 1.165) is 24.9 Å². The van der Waals surface area contributed by atoms with E-state index in [9.17, 15) is 0 Å². The Bertz CT molecular complexity index is 167. The lowest BCUT2D eigenvalue weighted by Crippen LogP contribution is -2.22. The minimum atomic E-state index is 0.593. The lowest BCUT2D eigenvalue weighted by atomic mass is 9.82. The molecule has 0 aromatic carbocycles. The molecular formula is C12H24N2. The molecule has 0 aromatic rings. The predicted molar refractivity (Wildman–Crippen MR) is 62.7 cm³/mol. The fourth-order valence-corrected chi connectivity index (χ4v) is 2.07. The first-order valence-corrected chi connectivity index (χ1v) is 5.92. The van der Waals surface area contributed by atoms with Crippen LogP contribution in [0.25, 0.3) is 0 Å². The molecule has 1 rings (SSSR count). The summed E-state index contributed by atoms with van der Waals surface area (Å²) in [5.41, 5.74) is 5.66. The maximum atomic E-state index is 5.66. The summed E-state index contributed by atoms with van der Waals surface area (Å²) in [6.07, 6.45) is 7.38. The van der Waals surface area contributed by atoms with Gasteiger partial charge in [-0.05, 0) is 50.0 Å². The van der Waals surface area contributed by atoms with Gasteiger partial charge >= 0.3 is 0 Å². The Hall–Kier alpha value is -0.370. The SMILES string of the molecule is CC(C)/C=N/CC1CCC(CN)CC1. The summed E-state index contributed by atoms with van der Waals surface area (Å²) in [6, 6.07) is 0. The lowest BCUT2D eigenvalue weighted by Gasteiger charge is -2.26. The molecule has 0 aromatic heterocycles. The number of nitrogens with zero attached hydrogens (tertiary/aromatic N) is 1. The van der Waals surface area contributed by atoms with Gasteiger partial charge < -0.3 is 5.73 Å². The van der Waals surface area contributed by atoms with Gasteiger partial charge in [-0.25, -0.2) is 0 Å². The van der Waals surface area contributed by atoms with Crippen LogP contribution in [0.1, 0.15) is 39.5 Å². The van der Waals surface area contributed by atoms with Crippen LogP contribution in [0.5, 0.6) is 0 Å². The number of hydrogen-bond donors (Lipinski definition) is 1. The standard InChI is InChI=1S/C12H24N2/c1-10(2)8-14-9-12-5-3-11(7-13)4-6-12/h8,10-12H,3-7,9,13H2,1-2H3/b14-8+. The molecular weight excluding hydrogens is 172 g/mol. The van der Waals surface area contributed by atoms with Crippen molar-refractivity contribution in [3.8, 4) is 0 Å². The van der Waals surface area contributed by atoms with Gasteiger partial charge in [0.15, 0.2) is 0 Å². The maximum Gasteiger partial charge on any atom is 0.0413 e. The zero-order valence-corrected chi connectivity index (χ0v) is 9.58. The summed E-state index contributed by atoms with van der Waals surface area (Å²) >= 11 is 0. The molecule has 0 aliphatic heterocycles. The highest BCUT2D eigenvalue weighted by Crippen LogP contribution is 2.28. The first-order chi connectivity index (χ1) is 6.72. The second-order valence-corrected chi connectivity index (χ2v) is 4.88. The number of aliphatic imine (C=N–C) groups is 1. The zero-order valence-electron chi connectivity index (χ0n) is 9.58. The molecule has 0 unspecified atom stereocenters. The molecule has 0 radical (unpaired) electrons. The average Bonchev–Trinajstić information content (AvgIpc) is 2.18. The molecule has 2 nitrogen and oxygen atoms in total. The van der Waals surface area contributed by atoms with Crippen molar-refractivity contribution in [3.63, 3.8) is 0 Å². The molecule has 0 spiro atoms. The van der Waals surface area contributed by atoms with Gasteiger partial charge in [-0.15, -0.1) is 0 Å². The van der Waals surface area contributed by atoms with Gasteiger partial charge in [-0.3, -0.25) is 4.99 Å². The molecule has 0 bridgehead atoms. The largest absolute Gasteiger partial charge is 0.330 e.